The third kappa shape index (κ3) is 3.41. The molecule has 0 radical (unpaired) electrons. The quantitative estimate of drug-likeness (QED) is 0.393. The number of hydrogen-bond acceptors (Lipinski definition) is 4. The molecule has 98 valence electrons. The first-order valence-electron chi connectivity index (χ1n) is 5.16. The van der Waals surface area contributed by atoms with E-state index in [-0.39, 0.29) is 11.7 Å². The predicted molar refractivity (Wildman–Crippen MR) is 70.9 cm³/mol. The Morgan fingerprint density at radius 3 is 2.74 bits per heavy atom. The maximum atomic E-state index is 13.2. The third-order valence-corrected chi connectivity index (χ3v) is 2.66. The van der Waals surface area contributed by atoms with Crippen LogP contribution in [0.1, 0.15) is 5.56 Å². The lowest BCUT2D eigenvalue weighted by atomic mass is 10.3. The summed E-state index contributed by atoms with van der Waals surface area (Å²) >= 11 is 3.17. The number of halogens is 2. The number of amidine groups is 1. The maximum Gasteiger partial charge on any atom is 0.219 e. The fourth-order valence-electron chi connectivity index (χ4n) is 1.36. The van der Waals surface area contributed by atoms with Crippen LogP contribution in [0.2, 0.25) is 0 Å². The van der Waals surface area contributed by atoms with E-state index < -0.39 is 5.82 Å². The lowest BCUT2D eigenvalue weighted by molar-refractivity contribution is 0.318. The number of oxime groups is 1. The number of benzene rings is 1. The summed E-state index contributed by atoms with van der Waals surface area (Å²) in [6.07, 6.45) is 1.39. The van der Waals surface area contributed by atoms with Gasteiger partial charge < -0.3 is 15.7 Å². The molecule has 19 heavy (non-hydrogen) atoms. The number of nitrogens with zero attached hydrogens (tertiary/aromatic N) is 2. The van der Waals surface area contributed by atoms with E-state index in [0.717, 1.165) is 0 Å². The van der Waals surface area contributed by atoms with Gasteiger partial charge in [0.15, 0.2) is 5.84 Å². The fraction of sp³-hybridized carbons (Fsp3) is 0. The second-order valence-corrected chi connectivity index (χ2v) is 4.49. The van der Waals surface area contributed by atoms with Crippen molar-refractivity contribution in [1.29, 1.82) is 0 Å². The zero-order valence-corrected chi connectivity index (χ0v) is 11.1. The molecule has 5 nitrogen and oxygen atoms in total. The Kier molecular flexibility index (Phi) is 3.96. The SMILES string of the molecule is N/C(=N/O)c1ccc(Oc2cc(F)cc(Br)c2)nc1. The molecule has 0 saturated heterocycles. The Labute approximate surface area is 116 Å². The van der Waals surface area contributed by atoms with E-state index in [0.29, 0.717) is 15.8 Å². The molecule has 3 N–H and O–H groups in total. The Morgan fingerprint density at radius 2 is 2.16 bits per heavy atom. The van der Waals surface area contributed by atoms with Crippen LogP contribution in [-0.2, 0) is 0 Å². The van der Waals surface area contributed by atoms with Crippen LogP contribution in [-0.4, -0.2) is 16.0 Å². The average Bonchev–Trinajstić information content (AvgIpc) is 2.37. The van der Waals surface area contributed by atoms with Gasteiger partial charge in [-0.25, -0.2) is 9.37 Å². The van der Waals surface area contributed by atoms with E-state index in [1.165, 1.54) is 24.4 Å². The molecule has 2 rings (SSSR count). The summed E-state index contributed by atoms with van der Waals surface area (Å²) in [4.78, 5) is 3.97. The van der Waals surface area contributed by atoms with Crippen molar-refractivity contribution in [3.63, 3.8) is 0 Å². The standard InChI is InChI=1S/C12H9BrFN3O2/c13-8-3-9(14)5-10(4-8)19-11-2-1-7(6-16-11)12(15)17-18/h1-6,18H,(H2,15,17). The molecule has 1 aromatic carbocycles. The van der Waals surface area contributed by atoms with Crippen molar-refractivity contribution in [2.45, 2.75) is 0 Å². The van der Waals surface area contributed by atoms with Crippen molar-refractivity contribution in [3.8, 4) is 11.6 Å². The minimum absolute atomic E-state index is 0.0486. The zero-order valence-electron chi connectivity index (χ0n) is 9.55. The van der Waals surface area contributed by atoms with E-state index in [1.54, 1.807) is 12.1 Å². The van der Waals surface area contributed by atoms with Crippen molar-refractivity contribution in [2.75, 3.05) is 0 Å². The zero-order chi connectivity index (χ0) is 13.8. The second kappa shape index (κ2) is 5.66. The largest absolute Gasteiger partial charge is 0.439 e. The van der Waals surface area contributed by atoms with Crippen LogP contribution in [0.25, 0.3) is 0 Å². The molecule has 2 aromatic rings. The molecule has 0 bridgehead atoms. The first-order chi connectivity index (χ1) is 9.08. The monoisotopic (exact) mass is 325 g/mol. The van der Waals surface area contributed by atoms with Crippen molar-refractivity contribution in [2.24, 2.45) is 10.9 Å². The molecule has 1 heterocycles. The number of nitrogens with two attached hydrogens (primary N) is 1. The Hall–Kier alpha value is -2.15. The Bertz CT molecular complexity index is 597. The summed E-state index contributed by atoms with van der Waals surface area (Å²) in [5.74, 6) is 0.119. The molecule has 0 amide bonds. The van der Waals surface area contributed by atoms with Crippen molar-refractivity contribution < 1.29 is 14.3 Å². The number of aromatic nitrogens is 1. The summed E-state index contributed by atoms with van der Waals surface area (Å²) in [6, 6.07) is 7.28. The molecule has 0 aliphatic carbocycles. The number of hydrogen-bond donors (Lipinski definition) is 2. The van der Waals surface area contributed by atoms with E-state index in [1.807, 2.05) is 0 Å². The summed E-state index contributed by atoms with van der Waals surface area (Å²) in [5, 5.41) is 11.4. The lowest BCUT2D eigenvalue weighted by Crippen LogP contribution is -2.13. The van der Waals surface area contributed by atoms with Gasteiger partial charge in [-0.05, 0) is 18.2 Å². The first-order valence-corrected chi connectivity index (χ1v) is 5.95. The predicted octanol–water partition coefficient (Wildman–Crippen LogP) is 2.87. The molecule has 0 unspecified atom stereocenters. The summed E-state index contributed by atoms with van der Waals surface area (Å²) in [7, 11) is 0. The summed E-state index contributed by atoms with van der Waals surface area (Å²) in [5.41, 5.74) is 5.85. The van der Waals surface area contributed by atoms with Gasteiger partial charge in [-0.2, -0.15) is 0 Å². The highest BCUT2D eigenvalue weighted by atomic mass is 79.9. The molecule has 0 fully saturated rings. The van der Waals surface area contributed by atoms with Crippen molar-refractivity contribution in [1.82, 2.24) is 4.98 Å². The highest BCUT2D eigenvalue weighted by molar-refractivity contribution is 9.10. The van der Waals surface area contributed by atoms with Gasteiger partial charge in [0.05, 0.1) is 0 Å². The van der Waals surface area contributed by atoms with Gasteiger partial charge in [0.1, 0.15) is 11.6 Å². The highest BCUT2D eigenvalue weighted by Gasteiger charge is 2.04. The molecule has 0 atom stereocenters. The van der Waals surface area contributed by atoms with E-state index >= 15 is 0 Å². The molecular formula is C12H9BrFN3O2. The fourth-order valence-corrected chi connectivity index (χ4v) is 1.80. The van der Waals surface area contributed by atoms with Gasteiger partial charge in [0, 0.05) is 28.4 Å². The first kappa shape index (κ1) is 13.3. The molecular weight excluding hydrogens is 317 g/mol. The van der Waals surface area contributed by atoms with Gasteiger partial charge in [0.25, 0.3) is 0 Å². The molecule has 0 aliphatic heterocycles. The van der Waals surface area contributed by atoms with Crippen LogP contribution in [0.4, 0.5) is 4.39 Å². The smallest absolute Gasteiger partial charge is 0.219 e. The summed E-state index contributed by atoms with van der Waals surface area (Å²) in [6.45, 7) is 0. The van der Waals surface area contributed by atoms with Gasteiger partial charge in [-0.1, -0.05) is 21.1 Å². The lowest BCUT2D eigenvalue weighted by Gasteiger charge is -2.06. The van der Waals surface area contributed by atoms with E-state index in [2.05, 4.69) is 26.1 Å². The van der Waals surface area contributed by atoms with Crippen LogP contribution >= 0.6 is 15.9 Å². The Balaban J connectivity index is 2.19. The highest BCUT2D eigenvalue weighted by Crippen LogP contribution is 2.24. The second-order valence-electron chi connectivity index (χ2n) is 3.58. The number of ether oxygens (including phenoxy) is 1. The van der Waals surface area contributed by atoms with E-state index in [9.17, 15) is 4.39 Å². The van der Waals surface area contributed by atoms with Crippen LogP contribution in [0, 0.1) is 5.82 Å². The van der Waals surface area contributed by atoms with Crippen LogP contribution in [0.3, 0.4) is 0 Å². The van der Waals surface area contributed by atoms with Crippen LogP contribution < -0.4 is 10.5 Å². The molecule has 0 aliphatic rings. The van der Waals surface area contributed by atoms with Gasteiger partial charge in [-0.15, -0.1) is 0 Å². The molecule has 1 aromatic heterocycles. The van der Waals surface area contributed by atoms with Crippen LogP contribution in [0.15, 0.2) is 46.2 Å². The number of pyridine rings is 1. The van der Waals surface area contributed by atoms with Gasteiger partial charge in [0.2, 0.25) is 5.88 Å². The average molecular weight is 326 g/mol. The van der Waals surface area contributed by atoms with Gasteiger partial charge in [-0.3, -0.25) is 0 Å². The molecule has 0 saturated carbocycles. The maximum absolute atomic E-state index is 13.2. The number of rotatable bonds is 3. The third-order valence-electron chi connectivity index (χ3n) is 2.20. The molecule has 0 spiro atoms. The van der Waals surface area contributed by atoms with Crippen molar-refractivity contribution in [3.05, 3.63) is 52.4 Å². The van der Waals surface area contributed by atoms with E-state index in [4.69, 9.17) is 15.7 Å². The van der Waals surface area contributed by atoms with Crippen LogP contribution in [0.5, 0.6) is 11.6 Å². The van der Waals surface area contributed by atoms with Gasteiger partial charge >= 0.3 is 0 Å². The topological polar surface area (TPSA) is 80.7 Å². The Morgan fingerprint density at radius 1 is 1.37 bits per heavy atom. The summed E-state index contributed by atoms with van der Waals surface area (Å²) < 4.78 is 19.1. The normalized spacial score (nSPS) is 11.4. The minimum atomic E-state index is -0.419. The minimum Gasteiger partial charge on any atom is -0.439 e. The molecule has 7 heteroatoms. The van der Waals surface area contributed by atoms with Crippen molar-refractivity contribution >= 4 is 21.8 Å².